The molecule has 2 rings (SSSR count). The van der Waals surface area contributed by atoms with Crippen molar-refractivity contribution in [2.24, 2.45) is 5.73 Å². The van der Waals surface area contributed by atoms with Gasteiger partial charge in [-0.15, -0.1) is 0 Å². The number of nitrogens with two attached hydrogens (primary N) is 1. The smallest absolute Gasteiger partial charge is 0.271 e. The van der Waals surface area contributed by atoms with Gasteiger partial charge in [0.2, 0.25) is 0 Å². The van der Waals surface area contributed by atoms with Crippen LogP contribution in [0.3, 0.4) is 0 Å². The van der Waals surface area contributed by atoms with E-state index in [1.54, 1.807) is 0 Å². The Balaban J connectivity index is 2.44. The molecule has 0 saturated heterocycles. The van der Waals surface area contributed by atoms with Gasteiger partial charge in [0.1, 0.15) is 6.07 Å². The van der Waals surface area contributed by atoms with Crippen LogP contribution in [0.15, 0.2) is 12.3 Å². The topological polar surface area (TPSA) is 89.0 Å². The molecule has 1 amide bonds. The molecule has 1 heterocycles. The van der Waals surface area contributed by atoms with Crippen LogP contribution in [0.4, 0.5) is 0 Å². The summed E-state index contributed by atoms with van der Waals surface area (Å²) in [6, 6.07) is 3.46. The van der Waals surface area contributed by atoms with Crippen LogP contribution in [0.2, 0.25) is 0 Å². The Labute approximate surface area is 86.5 Å². The van der Waals surface area contributed by atoms with Crippen LogP contribution < -0.4 is 10.5 Å². The second kappa shape index (κ2) is 3.58. The highest BCUT2D eigenvalue weighted by Crippen LogP contribution is 2.30. The van der Waals surface area contributed by atoms with Crippen molar-refractivity contribution in [1.29, 1.82) is 5.26 Å². The second-order valence-electron chi connectivity index (χ2n) is 3.33. The van der Waals surface area contributed by atoms with Gasteiger partial charge >= 0.3 is 0 Å². The van der Waals surface area contributed by atoms with E-state index in [1.165, 1.54) is 12.3 Å². The molecule has 1 aliphatic carbocycles. The van der Waals surface area contributed by atoms with Crippen molar-refractivity contribution in [2.45, 2.75) is 18.9 Å². The molecular weight excluding hydrogens is 194 g/mol. The summed E-state index contributed by atoms with van der Waals surface area (Å²) in [6.07, 6.45) is 3.35. The van der Waals surface area contributed by atoms with Crippen LogP contribution in [-0.2, 0) is 0 Å². The van der Waals surface area contributed by atoms with E-state index in [0.717, 1.165) is 12.8 Å². The zero-order chi connectivity index (χ0) is 10.8. The molecule has 0 spiro atoms. The van der Waals surface area contributed by atoms with Gasteiger partial charge in [0, 0.05) is 6.20 Å². The van der Waals surface area contributed by atoms with Crippen molar-refractivity contribution in [2.75, 3.05) is 0 Å². The molecule has 1 saturated carbocycles. The number of rotatable bonds is 3. The van der Waals surface area contributed by atoms with E-state index < -0.39 is 5.91 Å². The summed E-state index contributed by atoms with van der Waals surface area (Å²) in [5.41, 5.74) is 5.47. The van der Waals surface area contributed by atoms with Gasteiger partial charge in [-0.05, 0) is 18.9 Å². The average Bonchev–Trinajstić information content (AvgIpc) is 3.01. The number of nitriles is 1. The number of ether oxygens (including phenoxy) is 1. The first-order valence-corrected chi connectivity index (χ1v) is 4.58. The Morgan fingerprint density at radius 1 is 1.67 bits per heavy atom. The summed E-state index contributed by atoms with van der Waals surface area (Å²) in [7, 11) is 0. The average molecular weight is 203 g/mol. The third-order valence-electron chi connectivity index (χ3n) is 2.07. The van der Waals surface area contributed by atoms with E-state index in [9.17, 15) is 4.79 Å². The Morgan fingerprint density at radius 3 is 2.93 bits per heavy atom. The van der Waals surface area contributed by atoms with Crippen LogP contribution in [0.1, 0.15) is 28.9 Å². The molecule has 1 aromatic heterocycles. The van der Waals surface area contributed by atoms with Crippen LogP contribution in [0, 0.1) is 11.3 Å². The standard InChI is InChI=1S/C10H9N3O2/c11-5-6-3-4-13-8(10(12)14)9(6)15-7-1-2-7/h3-4,7H,1-2H2,(H2,12,14). The molecule has 1 aromatic rings. The van der Waals surface area contributed by atoms with Gasteiger partial charge in [-0.25, -0.2) is 4.98 Å². The number of pyridine rings is 1. The predicted molar refractivity (Wildman–Crippen MR) is 51.1 cm³/mol. The number of primary amides is 1. The highest BCUT2D eigenvalue weighted by molar-refractivity contribution is 5.94. The van der Waals surface area contributed by atoms with Gasteiger partial charge in [0.05, 0.1) is 11.7 Å². The first-order valence-electron chi connectivity index (χ1n) is 4.58. The van der Waals surface area contributed by atoms with Crippen molar-refractivity contribution >= 4 is 5.91 Å². The fourth-order valence-corrected chi connectivity index (χ4v) is 1.18. The highest BCUT2D eigenvalue weighted by Gasteiger charge is 2.27. The van der Waals surface area contributed by atoms with Crippen LogP contribution >= 0.6 is 0 Å². The van der Waals surface area contributed by atoms with Crippen molar-refractivity contribution in [3.05, 3.63) is 23.5 Å². The van der Waals surface area contributed by atoms with Crippen molar-refractivity contribution in [1.82, 2.24) is 4.98 Å². The third kappa shape index (κ3) is 1.89. The summed E-state index contributed by atoms with van der Waals surface area (Å²) in [5, 5.41) is 8.85. The number of aromatic nitrogens is 1. The molecule has 0 aliphatic heterocycles. The van der Waals surface area contributed by atoms with Gasteiger partial charge in [-0.1, -0.05) is 0 Å². The van der Waals surface area contributed by atoms with Crippen molar-refractivity contribution in [3.8, 4) is 11.8 Å². The first-order chi connectivity index (χ1) is 7.22. The van der Waals surface area contributed by atoms with E-state index in [2.05, 4.69) is 4.98 Å². The molecule has 0 bridgehead atoms. The quantitative estimate of drug-likeness (QED) is 0.778. The van der Waals surface area contributed by atoms with E-state index in [-0.39, 0.29) is 17.5 Å². The lowest BCUT2D eigenvalue weighted by molar-refractivity contribution is 0.0990. The minimum atomic E-state index is -0.678. The Hall–Kier alpha value is -2.09. The van der Waals surface area contributed by atoms with Gasteiger partial charge in [0.15, 0.2) is 11.4 Å². The van der Waals surface area contributed by atoms with Crippen LogP contribution in [-0.4, -0.2) is 17.0 Å². The molecule has 0 unspecified atom stereocenters. The molecule has 5 heteroatoms. The molecule has 0 aromatic carbocycles. The molecule has 1 aliphatic rings. The first kappa shape index (κ1) is 9.46. The maximum absolute atomic E-state index is 11.1. The maximum atomic E-state index is 11.1. The van der Waals surface area contributed by atoms with Gasteiger partial charge in [0.25, 0.3) is 5.91 Å². The zero-order valence-corrected chi connectivity index (χ0v) is 7.93. The summed E-state index contributed by atoms with van der Waals surface area (Å²) in [6.45, 7) is 0. The highest BCUT2D eigenvalue weighted by atomic mass is 16.5. The minimum absolute atomic E-state index is 0.0287. The minimum Gasteiger partial charge on any atom is -0.487 e. The number of nitrogens with zero attached hydrogens (tertiary/aromatic N) is 2. The maximum Gasteiger partial charge on any atom is 0.271 e. The number of hydrogen-bond acceptors (Lipinski definition) is 4. The van der Waals surface area contributed by atoms with Gasteiger partial charge in [-0.2, -0.15) is 5.26 Å². The number of carbonyl (C=O) groups excluding carboxylic acids is 1. The Morgan fingerprint density at radius 2 is 2.40 bits per heavy atom. The molecule has 2 N–H and O–H groups in total. The van der Waals surface area contributed by atoms with Crippen LogP contribution in [0.25, 0.3) is 0 Å². The zero-order valence-electron chi connectivity index (χ0n) is 7.93. The van der Waals surface area contributed by atoms with E-state index in [4.69, 9.17) is 15.7 Å². The van der Waals surface area contributed by atoms with Crippen LogP contribution in [0.5, 0.6) is 5.75 Å². The Kier molecular flexibility index (Phi) is 2.26. The summed E-state index contributed by atoms with van der Waals surface area (Å²) >= 11 is 0. The van der Waals surface area contributed by atoms with E-state index in [0.29, 0.717) is 5.56 Å². The lowest BCUT2D eigenvalue weighted by Crippen LogP contribution is -2.16. The van der Waals surface area contributed by atoms with E-state index in [1.807, 2.05) is 6.07 Å². The van der Waals surface area contributed by atoms with Crippen molar-refractivity contribution in [3.63, 3.8) is 0 Å². The molecule has 5 nitrogen and oxygen atoms in total. The largest absolute Gasteiger partial charge is 0.487 e. The van der Waals surface area contributed by atoms with Gasteiger partial charge in [-0.3, -0.25) is 4.79 Å². The SMILES string of the molecule is N#Cc1ccnc(C(N)=O)c1OC1CC1. The molecule has 15 heavy (non-hydrogen) atoms. The predicted octanol–water partition coefficient (Wildman–Crippen LogP) is 0.593. The Bertz CT molecular complexity index is 446. The molecule has 0 atom stereocenters. The van der Waals surface area contributed by atoms with Gasteiger partial charge < -0.3 is 10.5 Å². The fraction of sp³-hybridized carbons (Fsp3) is 0.300. The molecule has 1 fully saturated rings. The number of amides is 1. The summed E-state index contributed by atoms with van der Waals surface area (Å²) < 4.78 is 5.45. The lowest BCUT2D eigenvalue weighted by Gasteiger charge is -2.08. The monoisotopic (exact) mass is 203 g/mol. The van der Waals surface area contributed by atoms with Crippen molar-refractivity contribution < 1.29 is 9.53 Å². The number of carbonyl (C=O) groups is 1. The summed E-state index contributed by atoms with van der Waals surface area (Å²) in [5.74, 6) is -0.460. The molecular formula is C10H9N3O2. The lowest BCUT2D eigenvalue weighted by atomic mass is 10.2. The number of hydrogen-bond donors (Lipinski definition) is 1. The second-order valence-corrected chi connectivity index (χ2v) is 3.33. The third-order valence-corrected chi connectivity index (χ3v) is 2.07. The normalized spacial score (nSPS) is 14.3. The fourth-order valence-electron chi connectivity index (χ4n) is 1.18. The van der Waals surface area contributed by atoms with E-state index >= 15 is 0 Å². The summed E-state index contributed by atoms with van der Waals surface area (Å²) in [4.78, 5) is 14.9. The molecule has 76 valence electrons. The molecule has 0 radical (unpaired) electrons.